The predicted octanol–water partition coefficient (Wildman–Crippen LogP) is 3.08. The number of fused-ring (bicyclic) bond motifs is 2. The molecule has 0 heterocycles. The first-order chi connectivity index (χ1) is 8.80. The SMILES string of the molecule is COc1ccc(C=O)cc1O[C@@H]1C[C@H]2CC[C@@H]1C2. The summed E-state index contributed by atoms with van der Waals surface area (Å²) in [6.45, 7) is 0. The largest absolute Gasteiger partial charge is 0.493 e. The fourth-order valence-corrected chi connectivity index (χ4v) is 3.35. The minimum absolute atomic E-state index is 0.305. The summed E-state index contributed by atoms with van der Waals surface area (Å²) in [5.74, 6) is 2.96. The van der Waals surface area contributed by atoms with Crippen LogP contribution in [0.25, 0.3) is 0 Å². The minimum atomic E-state index is 0.305. The highest BCUT2D eigenvalue weighted by atomic mass is 16.5. The van der Waals surface area contributed by atoms with Gasteiger partial charge in [0.15, 0.2) is 11.5 Å². The number of aldehydes is 1. The van der Waals surface area contributed by atoms with E-state index in [1.807, 2.05) is 0 Å². The highest BCUT2D eigenvalue weighted by Gasteiger charge is 2.41. The van der Waals surface area contributed by atoms with Crippen molar-refractivity contribution in [1.29, 1.82) is 0 Å². The van der Waals surface area contributed by atoms with Gasteiger partial charge in [0, 0.05) is 5.56 Å². The molecule has 0 radical (unpaired) electrons. The third kappa shape index (κ3) is 1.98. The van der Waals surface area contributed by atoms with Gasteiger partial charge in [-0.25, -0.2) is 0 Å². The lowest BCUT2D eigenvalue weighted by atomic mass is 9.97. The van der Waals surface area contributed by atoms with Crippen molar-refractivity contribution in [3.63, 3.8) is 0 Å². The molecule has 2 fully saturated rings. The van der Waals surface area contributed by atoms with Crippen LogP contribution in [0.5, 0.6) is 11.5 Å². The molecule has 3 nitrogen and oxygen atoms in total. The highest BCUT2D eigenvalue weighted by molar-refractivity contribution is 5.76. The van der Waals surface area contributed by atoms with Crippen molar-refractivity contribution < 1.29 is 14.3 Å². The van der Waals surface area contributed by atoms with Crippen molar-refractivity contribution in [2.45, 2.75) is 31.8 Å². The normalized spacial score (nSPS) is 29.3. The van der Waals surface area contributed by atoms with E-state index in [2.05, 4.69) is 0 Å². The van der Waals surface area contributed by atoms with Gasteiger partial charge in [-0.15, -0.1) is 0 Å². The maximum absolute atomic E-state index is 10.8. The van der Waals surface area contributed by atoms with Gasteiger partial charge < -0.3 is 9.47 Å². The number of hydrogen-bond donors (Lipinski definition) is 0. The lowest BCUT2D eigenvalue weighted by Crippen LogP contribution is -2.23. The monoisotopic (exact) mass is 246 g/mol. The van der Waals surface area contributed by atoms with Crippen LogP contribution in [0, 0.1) is 11.8 Å². The molecule has 18 heavy (non-hydrogen) atoms. The summed E-state index contributed by atoms with van der Waals surface area (Å²) in [5.41, 5.74) is 0.633. The average molecular weight is 246 g/mol. The smallest absolute Gasteiger partial charge is 0.162 e. The number of carbonyl (C=O) groups is 1. The Morgan fingerprint density at radius 1 is 1.22 bits per heavy atom. The van der Waals surface area contributed by atoms with Crippen LogP contribution in [-0.4, -0.2) is 19.5 Å². The van der Waals surface area contributed by atoms with E-state index in [1.165, 1.54) is 19.3 Å². The first-order valence-electron chi connectivity index (χ1n) is 6.60. The third-order valence-electron chi connectivity index (χ3n) is 4.28. The molecule has 3 atom stereocenters. The molecule has 0 N–H and O–H groups in total. The maximum Gasteiger partial charge on any atom is 0.162 e. The van der Waals surface area contributed by atoms with Crippen molar-refractivity contribution in [1.82, 2.24) is 0 Å². The van der Waals surface area contributed by atoms with Crippen molar-refractivity contribution in [2.24, 2.45) is 11.8 Å². The topological polar surface area (TPSA) is 35.5 Å². The van der Waals surface area contributed by atoms with Crippen LogP contribution in [0.2, 0.25) is 0 Å². The quantitative estimate of drug-likeness (QED) is 0.766. The van der Waals surface area contributed by atoms with Crippen LogP contribution in [0.15, 0.2) is 18.2 Å². The van der Waals surface area contributed by atoms with Gasteiger partial charge in [-0.1, -0.05) is 0 Å². The van der Waals surface area contributed by atoms with Gasteiger partial charge in [0.05, 0.1) is 7.11 Å². The molecular formula is C15H18O3. The Kier molecular flexibility index (Phi) is 2.98. The number of rotatable bonds is 4. The van der Waals surface area contributed by atoms with E-state index < -0.39 is 0 Å². The van der Waals surface area contributed by atoms with Crippen LogP contribution in [0.1, 0.15) is 36.0 Å². The van der Waals surface area contributed by atoms with Gasteiger partial charge in [-0.2, -0.15) is 0 Å². The number of benzene rings is 1. The highest BCUT2D eigenvalue weighted by Crippen LogP contribution is 2.46. The van der Waals surface area contributed by atoms with E-state index >= 15 is 0 Å². The Morgan fingerprint density at radius 3 is 2.72 bits per heavy atom. The van der Waals surface area contributed by atoms with Crippen LogP contribution in [0.3, 0.4) is 0 Å². The van der Waals surface area contributed by atoms with E-state index in [9.17, 15) is 4.79 Å². The molecule has 0 spiro atoms. The minimum Gasteiger partial charge on any atom is -0.493 e. The Balaban J connectivity index is 1.80. The van der Waals surface area contributed by atoms with Crippen molar-refractivity contribution in [3.05, 3.63) is 23.8 Å². The summed E-state index contributed by atoms with van der Waals surface area (Å²) >= 11 is 0. The van der Waals surface area contributed by atoms with Gasteiger partial charge in [0.1, 0.15) is 12.4 Å². The summed E-state index contributed by atoms with van der Waals surface area (Å²) in [5, 5.41) is 0. The van der Waals surface area contributed by atoms with Crippen LogP contribution in [0.4, 0.5) is 0 Å². The van der Waals surface area contributed by atoms with E-state index in [0.717, 1.165) is 18.6 Å². The lowest BCUT2D eigenvalue weighted by Gasteiger charge is -2.24. The predicted molar refractivity (Wildman–Crippen MR) is 68.2 cm³/mol. The zero-order chi connectivity index (χ0) is 12.5. The molecule has 0 aliphatic heterocycles. The van der Waals surface area contributed by atoms with Crippen LogP contribution >= 0.6 is 0 Å². The summed E-state index contributed by atoms with van der Waals surface area (Å²) in [7, 11) is 1.63. The molecule has 96 valence electrons. The average Bonchev–Trinajstić information content (AvgIpc) is 3.01. The molecule has 2 aliphatic rings. The first kappa shape index (κ1) is 11.6. The summed E-state index contributed by atoms with van der Waals surface area (Å²) in [4.78, 5) is 10.8. The van der Waals surface area contributed by atoms with E-state index in [1.54, 1.807) is 25.3 Å². The molecule has 0 amide bonds. The van der Waals surface area contributed by atoms with E-state index in [0.29, 0.717) is 29.1 Å². The molecule has 2 bridgehead atoms. The zero-order valence-electron chi connectivity index (χ0n) is 10.6. The molecule has 3 heteroatoms. The van der Waals surface area contributed by atoms with Crippen molar-refractivity contribution in [2.75, 3.05) is 7.11 Å². The fourth-order valence-electron chi connectivity index (χ4n) is 3.35. The molecule has 0 aromatic heterocycles. The second kappa shape index (κ2) is 4.63. The Hall–Kier alpha value is -1.51. The molecule has 1 aromatic rings. The van der Waals surface area contributed by atoms with Gasteiger partial charge in [-0.3, -0.25) is 4.79 Å². The number of carbonyl (C=O) groups excluding carboxylic acids is 1. The maximum atomic E-state index is 10.8. The number of ether oxygens (including phenoxy) is 2. The van der Waals surface area contributed by atoms with Crippen molar-refractivity contribution >= 4 is 6.29 Å². The molecule has 0 saturated heterocycles. The van der Waals surface area contributed by atoms with Gasteiger partial charge in [-0.05, 0) is 55.7 Å². The Labute approximate surface area is 107 Å². The molecule has 2 aliphatic carbocycles. The summed E-state index contributed by atoms with van der Waals surface area (Å²) in [6.07, 6.45) is 6.24. The van der Waals surface area contributed by atoms with E-state index in [4.69, 9.17) is 9.47 Å². The second-order valence-electron chi connectivity index (χ2n) is 5.36. The van der Waals surface area contributed by atoms with E-state index in [-0.39, 0.29) is 0 Å². The van der Waals surface area contributed by atoms with Crippen molar-refractivity contribution in [3.8, 4) is 11.5 Å². The number of methoxy groups -OCH3 is 1. The Bertz CT molecular complexity index is 455. The van der Waals surface area contributed by atoms with Gasteiger partial charge in [0.2, 0.25) is 0 Å². The molecular weight excluding hydrogens is 228 g/mol. The standard InChI is InChI=1S/C15H18O3/c1-17-13-5-3-11(9-16)8-15(13)18-14-7-10-2-4-12(14)6-10/h3,5,8-10,12,14H,2,4,6-7H2,1H3/t10-,12+,14+/m0/s1. The molecule has 1 aromatic carbocycles. The lowest BCUT2D eigenvalue weighted by molar-refractivity contribution is 0.112. The van der Waals surface area contributed by atoms with Gasteiger partial charge in [0.25, 0.3) is 0 Å². The third-order valence-corrected chi connectivity index (χ3v) is 4.28. The van der Waals surface area contributed by atoms with Gasteiger partial charge >= 0.3 is 0 Å². The first-order valence-corrected chi connectivity index (χ1v) is 6.60. The summed E-state index contributed by atoms with van der Waals surface area (Å²) in [6, 6.07) is 5.32. The fraction of sp³-hybridized carbons (Fsp3) is 0.533. The zero-order valence-corrected chi connectivity index (χ0v) is 10.6. The molecule has 0 unspecified atom stereocenters. The number of hydrogen-bond acceptors (Lipinski definition) is 3. The summed E-state index contributed by atoms with van der Waals surface area (Å²) < 4.78 is 11.4. The molecule has 2 saturated carbocycles. The van der Waals surface area contributed by atoms with Crippen LogP contribution < -0.4 is 9.47 Å². The Morgan fingerprint density at radius 2 is 2.11 bits per heavy atom. The molecule has 3 rings (SSSR count). The van der Waals surface area contributed by atoms with Crippen LogP contribution in [-0.2, 0) is 0 Å². The second-order valence-corrected chi connectivity index (χ2v) is 5.36.